The van der Waals surface area contributed by atoms with E-state index in [1.807, 2.05) is 6.26 Å². The topological polar surface area (TPSA) is 9.23 Å². The molecular weight excluding hydrogens is 187 g/mol. The summed E-state index contributed by atoms with van der Waals surface area (Å²) < 4.78 is 18.4. The van der Waals surface area contributed by atoms with E-state index >= 15 is 0 Å². The highest BCUT2D eigenvalue weighted by Gasteiger charge is 2.24. The lowest BCUT2D eigenvalue weighted by molar-refractivity contribution is 0.295. The maximum atomic E-state index is 12.8. The molecule has 1 aliphatic rings. The van der Waals surface area contributed by atoms with Crippen molar-refractivity contribution in [3.63, 3.8) is 0 Å². The molecule has 0 N–H and O–H groups in total. The smallest absolute Gasteiger partial charge is 0.133 e. The van der Waals surface area contributed by atoms with Crippen molar-refractivity contribution in [2.24, 2.45) is 0 Å². The van der Waals surface area contributed by atoms with Gasteiger partial charge in [0.1, 0.15) is 11.6 Å². The Morgan fingerprint density at radius 3 is 2.85 bits per heavy atom. The number of hydrogen-bond acceptors (Lipinski definition) is 2. The van der Waals surface area contributed by atoms with Crippen LogP contribution in [0.2, 0.25) is 0 Å². The van der Waals surface area contributed by atoms with Gasteiger partial charge in [0.15, 0.2) is 0 Å². The van der Waals surface area contributed by atoms with Gasteiger partial charge >= 0.3 is 0 Å². The van der Waals surface area contributed by atoms with Gasteiger partial charge in [-0.15, -0.1) is 11.8 Å². The molecule has 1 nitrogen and oxygen atoms in total. The Morgan fingerprint density at radius 1 is 1.46 bits per heavy atom. The number of benzene rings is 1. The first-order chi connectivity index (χ1) is 6.29. The summed E-state index contributed by atoms with van der Waals surface area (Å²) in [5.41, 5.74) is 0. The Hall–Kier alpha value is -0.700. The average Bonchev–Trinajstić information content (AvgIpc) is 2.92. The zero-order valence-electron chi connectivity index (χ0n) is 7.42. The van der Waals surface area contributed by atoms with Gasteiger partial charge in [-0.2, -0.15) is 0 Å². The molecule has 1 aromatic rings. The van der Waals surface area contributed by atoms with Gasteiger partial charge in [-0.05, 0) is 37.3 Å². The van der Waals surface area contributed by atoms with Crippen molar-refractivity contribution in [2.75, 3.05) is 6.26 Å². The van der Waals surface area contributed by atoms with Crippen LogP contribution in [0.25, 0.3) is 0 Å². The highest BCUT2D eigenvalue weighted by atomic mass is 32.2. The Labute approximate surface area is 81.3 Å². The van der Waals surface area contributed by atoms with Crippen molar-refractivity contribution in [3.05, 3.63) is 24.0 Å². The predicted molar refractivity (Wildman–Crippen MR) is 51.8 cm³/mol. The lowest BCUT2D eigenvalue weighted by Crippen LogP contribution is -1.97. The second kappa shape index (κ2) is 3.58. The molecule has 0 aromatic heterocycles. The standard InChI is InChI=1S/C10H11FOS/c1-13-10-6-7(11)2-5-9(10)12-8-3-4-8/h2,5-6,8H,3-4H2,1H3. The van der Waals surface area contributed by atoms with Crippen LogP contribution >= 0.6 is 11.8 Å². The third-order valence-electron chi connectivity index (χ3n) is 1.94. The molecular formula is C10H11FOS. The second-order valence-electron chi connectivity index (χ2n) is 3.11. The van der Waals surface area contributed by atoms with E-state index in [-0.39, 0.29) is 5.82 Å². The first kappa shape index (κ1) is 8.88. The highest BCUT2D eigenvalue weighted by molar-refractivity contribution is 7.98. The van der Waals surface area contributed by atoms with Crippen LogP contribution < -0.4 is 4.74 Å². The summed E-state index contributed by atoms with van der Waals surface area (Å²) in [7, 11) is 0. The molecule has 0 unspecified atom stereocenters. The Morgan fingerprint density at radius 2 is 2.23 bits per heavy atom. The number of rotatable bonds is 3. The van der Waals surface area contributed by atoms with Crippen LogP contribution in [0.4, 0.5) is 4.39 Å². The first-order valence-corrected chi connectivity index (χ1v) is 5.52. The van der Waals surface area contributed by atoms with E-state index in [0.717, 1.165) is 23.5 Å². The molecule has 1 aromatic carbocycles. The molecule has 0 saturated heterocycles. The van der Waals surface area contributed by atoms with Gasteiger partial charge in [0.05, 0.1) is 11.0 Å². The minimum absolute atomic E-state index is 0.201. The zero-order chi connectivity index (χ0) is 9.26. The molecule has 0 radical (unpaired) electrons. The van der Waals surface area contributed by atoms with Crippen molar-refractivity contribution in [3.8, 4) is 5.75 Å². The number of thioether (sulfide) groups is 1. The number of ether oxygens (including phenoxy) is 1. The highest BCUT2D eigenvalue weighted by Crippen LogP contribution is 2.33. The molecule has 0 bridgehead atoms. The Bertz CT molecular complexity index is 310. The minimum Gasteiger partial charge on any atom is -0.489 e. The third kappa shape index (κ3) is 2.15. The monoisotopic (exact) mass is 198 g/mol. The fraction of sp³-hybridized carbons (Fsp3) is 0.400. The van der Waals surface area contributed by atoms with E-state index in [9.17, 15) is 4.39 Å². The quantitative estimate of drug-likeness (QED) is 0.690. The van der Waals surface area contributed by atoms with Crippen molar-refractivity contribution in [1.29, 1.82) is 0 Å². The normalized spacial score (nSPS) is 15.8. The van der Waals surface area contributed by atoms with Gasteiger partial charge in [0, 0.05) is 0 Å². The van der Waals surface area contributed by atoms with Gasteiger partial charge in [-0.3, -0.25) is 0 Å². The molecule has 0 heterocycles. The van der Waals surface area contributed by atoms with E-state index in [0.29, 0.717) is 6.10 Å². The number of hydrogen-bond donors (Lipinski definition) is 0. The average molecular weight is 198 g/mol. The molecule has 2 rings (SSSR count). The SMILES string of the molecule is CSc1cc(F)ccc1OC1CC1. The molecule has 0 aliphatic heterocycles. The Balaban J connectivity index is 2.21. The summed E-state index contributed by atoms with van der Waals surface area (Å²) in [6, 6.07) is 4.67. The molecule has 0 spiro atoms. The van der Waals surface area contributed by atoms with E-state index < -0.39 is 0 Å². The van der Waals surface area contributed by atoms with Crippen molar-refractivity contribution in [1.82, 2.24) is 0 Å². The van der Waals surface area contributed by atoms with Gasteiger partial charge in [0.2, 0.25) is 0 Å². The minimum atomic E-state index is -0.201. The summed E-state index contributed by atoms with van der Waals surface area (Å²) in [5, 5.41) is 0. The van der Waals surface area contributed by atoms with Crippen LogP contribution in [0.1, 0.15) is 12.8 Å². The summed E-state index contributed by atoms with van der Waals surface area (Å²) in [4.78, 5) is 0.881. The fourth-order valence-electron chi connectivity index (χ4n) is 1.10. The van der Waals surface area contributed by atoms with Gasteiger partial charge < -0.3 is 4.74 Å². The van der Waals surface area contributed by atoms with Gasteiger partial charge in [-0.1, -0.05) is 0 Å². The maximum absolute atomic E-state index is 12.8. The third-order valence-corrected chi connectivity index (χ3v) is 2.70. The molecule has 1 saturated carbocycles. The van der Waals surface area contributed by atoms with Crippen molar-refractivity contribution < 1.29 is 9.13 Å². The summed E-state index contributed by atoms with van der Waals surface area (Å²) in [5.74, 6) is 0.615. The predicted octanol–water partition coefficient (Wildman–Crippen LogP) is 3.09. The molecule has 1 fully saturated rings. The molecule has 13 heavy (non-hydrogen) atoms. The summed E-state index contributed by atoms with van der Waals surface area (Å²) in [6.45, 7) is 0. The maximum Gasteiger partial charge on any atom is 0.133 e. The fourth-order valence-corrected chi connectivity index (χ4v) is 1.65. The van der Waals surface area contributed by atoms with Crippen LogP contribution in [0.3, 0.4) is 0 Å². The van der Waals surface area contributed by atoms with E-state index in [4.69, 9.17) is 4.74 Å². The van der Waals surface area contributed by atoms with E-state index in [2.05, 4.69) is 0 Å². The molecule has 1 aliphatic carbocycles. The first-order valence-electron chi connectivity index (χ1n) is 4.30. The molecule has 0 amide bonds. The van der Waals surface area contributed by atoms with Crippen molar-refractivity contribution in [2.45, 2.75) is 23.8 Å². The largest absolute Gasteiger partial charge is 0.489 e. The second-order valence-corrected chi connectivity index (χ2v) is 3.96. The van der Waals surface area contributed by atoms with Crippen LogP contribution in [0.5, 0.6) is 5.75 Å². The van der Waals surface area contributed by atoms with Crippen molar-refractivity contribution >= 4 is 11.8 Å². The van der Waals surface area contributed by atoms with Crippen LogP contribution in [-0.2, 0) is 0 Å². The van der Waals surface area contributed by atoms with Crippen LogP contribution in [-0.4, -0.2) is 12.4 Å². The Kier molecular flexibility index (Phi) is 2.44. The van der Waals surface area contributed by atoms with Gasteiger partial charge in [-0.25, -0.2) is 4.39 Å². The lowest BCUT2D eigenvalue weighted by atomic mass is 10.3. The number of halogens is 1. The summed E-state index contributed by atoms with van der Waals surface area (Å²) in [6.07, 6.45) is 4.56. The lowest BCUT2D eigenvalue weighted by Gasteiger charge is -2.08. The molecule has 3 heteroatoms. The van der Waals surface area contributed by atoms with Gasteiger partial charge in [0.25, 0.3) is 0 Å². The van der Waals surface area contributed by atoms with Crippen LogP contribution in [0.15, 0.2) is 23.1 Å². The van der Waals surface area contributed by atoms with Crippen LogP contribution in [0, 0.1) is 5.82 Å². The molecule has 0 atom stereocenters. The van der Waals surface area contributed by atoms with E-state index in [1.54, 1.807) is 6.07 Å². The molecule has 70 valence electrons. The summed E-state index contributed by atoms with van der Waals surface area (Å²) >= 11 is 1.51. The van der Waals surface area contributed by atoms with E-state index in [1.165, 1.54) is 23.9 Å². The zero-order valence-corrected chi connectivity index (χ0v) is 8.23.